The van der Waals surface area contributed by atoms with Gasteiger partial charge in [0.1, 0.15) is 11.9 Å². The fraction of sp³-hybridized carbons (Fsp3) is 0.500. The lowest BCUT2D eigenvalue weighted by atomic mass is 10.0. The minimum absolute atomic E-state index is 0.240. The molecule has 1 aliphatic carbocycles. The van der Waals surface area contributed by atoms with Crippen LogP contribution in [-0.4, -0.2) is 29.1 Å². The number of hydrazine groups is 1. The number of aliphatic carboxylic acids is 1. The van der Waals surface area contributed by atoms with E-state index in [2.05, 4.69) is 16.2 Å². The Morgan fingerprint density at radius 2 is 1.96 bits per heavy atom. The molecule has 1 aromatic carbocycles. The second-order valence-corrected chi connectivity index (χ2v) is 6.23. The van der Waals surface area contributed by atoms with Crippen LogP contribution < -0.4 is 16.2 Å². The zero-order valence-electron chi connectivity index (χ0n) is 12.6. The summed E-state index contributed by atoms with van der Waals surface area (Å²) in [5.41, 5.74) is 6.69. The van der Waals surface area contributed by atoms with Gasteiger partial charge in [-0.1, -0.05) is 12.1 Å². The van der Waals surface area contributed by atoms with Crippen molar-refractivity contribution >= 4 is 11.9 Å². The Morgan fingerprint density at radius 3 is 2.57 bits per heavy atom. The van der Waals surface area contributed by atoms with E-state index < -0.39 is 17.8 Å². The van der Waals surface area contributed by atoms with Crippen LogP contribution in [0.2, 0.25) is 0 Å². The summed E-state index contributed by atoms with van der Waals surface area (Å²) in [6, 6.07) is 4.76. The van der Waals surface area contributed by atoms with Crippen molar-refractivity contribution in [2.75, 3.05) is 0 Å². The van der Waals surface area contributed by atoms with E-state index in [1.807, 2.05) is 0 Å². The number of benzene rings is 1. The summed E-state index contributed by atoms with van der Waals surface area (Å²) in [6.45, 7) is 0. The number of rotatable bonds is 6. The third-order valence-corrected chi connectivity index (χ3v) is 4.41. The van der Waals surface area contributed by atoms with Crippen LogP contribution in [0, 0.1) is 11.7 Å². The highest BCUT2D eigenvalue weighted by Gasteiger charge is 2.39. The first-order valence-corrected chi connectivity index (χ1v) is 7.81. The number of carboxylic acid groups (broad SMARTS) is 1. The van der Waals surface area contributed by atoms with Gasteiger partial charge in [-0.05, 0) is 42.9 Å². The van der Waals surface area contributed by atoms with Crippen molar-refractivity contribution in [2.24, 2.45) is 5.92 Å². The summed E-state index contributed by atoms with van der Waals surface area (Å²) >= 11 is 0. The van der Waals surface area contributed by atoms with Crippen molar-refractivity contribution in [1.29, 1.82) is 0 Å². The predicted molar refractivity (Wildman–Crippen MR) is 80.7 cm³/mol. The number of carbonyl (C=O) groups excluding carboxylic acids is 1. The van der Waals surface area contributed by atoms with Crippen LogP contribution in [0.4, 0.5) is 4.39 Å². The molecule has 0 spiro atoms. The molecule has 124 valence electrons. The number of hydrogen-bond acceptors (Lipinski definition) is 4. The quantitative estimate of drug-likeness (QED) is 0.630. The molecule has 1 saturated heterocycles. The van der Waals surface area contributed by atoms with Gasteiger partial charge in [0.05, 0.1) is 12.5 Å². The van der Waals surface area contributed by atoms with Gasteiger partial charge in [0, 0.05) is 6.04 Å². The van der Waals surface area contributed by atoms with E-state index in [0.29, 0.717) is 23.9 Å². The number of hydrogen-bond donors (Lipinski definition) is 4. The largest absolute Gasteiger partial charge is 0.481 e. The second-order valence-electron chi connectivity index (χ2n) is 6.23. The maximum absolute atomic E-state index is 13.0. The van der Waals surface area contributed by atoms with Gasteiger partial charge in [-0.15, -0.1) is 0 Å². The number of carboxylic acids is 1. The number of amides is 1. The van der Waals surface area contributed by atoms with Crippen molar-refractivity contribution in [3.63, 3.8) is 0 Å². The average molecular weight is 321 g/mol. The molecule has 2 aliphatic rings. The van der Waals surface area contributed by atoms with E-state index in [9.17, 15) is 14.0 Å². The van der Waals surface area contributed by atoms with E-state index in [1.54, 1.807) is 0 Å². The first kappa shape index (κ1) is 15.9. The molecule has 7 heteroatoms. The van der Waals surface area contributed by atoms with Gasteiger partial charge in [0.2, 0.25) is 5.91 Å². The Hall–Kier alpha value is -1.99. The highest BCUT2D eigenvalue weighted by molar-refractivity contribution is 5.83. The minimum atomic E-state index is -1.02. The number of carbonyl (C=O) groups is 2. The average Bonchev–Trinajstić information content (AvgIpc) is 3.24. The zero-order chi connectivity index (χ0) is 16.4. The second kappa shape index (κ2) is 6.64. The third kappa shape index (κ3) is 4.05. The molecule has 0 aromatic heterocycles. The minimum Gasteiger partial charge on any atom is -0.481 e. The number of halogens is 1. The fourth-order valence-corrected chi connectivity index (χ4v) is 2.96. The molecule has 1 aromatic rings. The fourth-order valence-electron chi connectivity index (χ4n) is 2.96. The lowest BCUT2D eigenvalue weighted by molar-refractivity contribution is -0.137. The van der Waals surface area contributed by atoms with Gasteiger partial charge < -0.3 is 10.4 Å². The lowest BCUT2D eigenvalue weighted by Gasteiger charge is -2.20. The molecule has 1 saturated carbocycles. The van der Waals surface area contributed by atoms with E-state index >= 15 is 0 Å². The molecule has 2 fully saturated rings. The monoisotopic (exact) mass is 321 g/mol. The summed E-state index contributed by atoms with van der Waals surface area (Å²) in [5.74, 6) is -1.03. The van der Waals surface area contributed by atoms with Crippen LogP contribution >= 0.6 is 0 Å². The molecule has 6 nitrogen and oxygen atoms in total. The maximum atomic E-state index is 13.0. The van der Waals surface area contributed by atoms with E-state index in [1.165, 1.54) is 37.1 Å². The molecule has 1 heterocycles. The summed E-state index contributed by atoms with van der Waals surface area (Å²) in [7, 11) is 0. The molecule has 0 radical (unpaired) electrons. The predicted octanol–water partition coefficient (Wildman–Crippen LogP) is 1.10. The molecular weight excluding hydrogens is 301 g/mol. The van der Waals surface area contributed by atoms with Gasteiger partial charge in [0.25, 0.3) is 0 Å². The van der Waals surface area contributed by atoms with Crippen LogP contribution in [0.3, 0.4) is 0 Å². The highest BCUT2D eigenvalue weighted by atomic mass is 19.1. The van der Waals surface area contributed by atoms with Gasteiger partial charge >= 0.3 is 5.97 Å². The van der Waals surface area contributed by atoms with E-state index in [0.717, 1.165) is 0 Å². The van der Waals surface area contributed by atoms with Crippen molar-refractivity contribution < 1.29 is 19.1 Å². The van der Waals surface area contributed by atoms with Gasteiger partial charge in [0.15, 0.2) is 0 Å². The smallest absolute Gasteiger partial charge is 0.305 e. The maximum Gasteiger partial charge on any atom is 0.305 e. The van der Waals surface area contributed by atoms with Crippen LogP contribution in [0.15, 0.2) is 24.3 Å². The Bertz CT molecular complexity index is 589. The molecule has 3 rings (SSSR count). The molecule has 1 amide bonds. The zero-order valence-corrected chi connectivity index (χ0v) is 12.6. The Kier molecular flexibility index (Phi) is 4.58. The normalized spacial score (nSPS) is 25.1. The Labute approximate surface area is 133 Å². The van der Waals surface area contributed by atoms with Crippen LogP contribution in [-0.2, 0) is 9.59 Å². The topological polar surface area (TPSA) is 90.5 Å². The van der Waals surface area contributed by atoms with E-state index in [4.69, 9.17) is 5.11 Å². The molecule has 1 aliphatic heterocycles. The van der Waals surface area contributed by atoms with Crippen LogP contribution in [0.25, 0.3) is 0 Å². The van der Waals surface area contributed by atoms with Crippen molar-refractivity contribution in [2.45, 2.75) is 43.8 Å². The summed E-state index contributed by atoms with van der Waals surface area (Å²) in [4.78, 5) is 23.4. The highest BCUT2D eigenvalue weighted by Crippen LogP contribution is 2.35. The first-order chi connectivity index (χ1) is 11.0. The molecule has 0 bridgehead atoms. The Morgan fingerprint density at radius 1 is 1.26 bits per heavy atom. The first-order valence-electron chi connectivity index (χ1n) is 7.81. The van der Waals surface area contributed by atoms with Crippen LogP contribution in [0.1, 0.15) is 37.3 Å². The summed E-state index contributed by atoms with van der Waals surface area (Å²) < 4.78 is 13.0. The van der Waals surface area contributed by atoms with Crippen LogP contribution in [0.5, 0.6) is 0 Å². The molecule has 23 heavy (non-hydrogen) atoms. The lowest BCUT2D eigenvalue weighted by Crippen LogP contribution is -2.45. The molecular formula is C16H20FN3O3. The van der Waals surface area contributed by atoms with Gasteiger partial charge in [-0.3, -0.25) is 15.0 Å². The van der Waals surface area contributed by atoms with Crippen molar-refractivity contribution in [3.8, 4) is 0 Å². The molecule has 3 unspecified atom stereocenters. The van der Waals surface area contributed by atoms with Gasteiger partial charge in [-0.25, -0.2) is 9.82 Å². The molecule has 3 atom stereocenters. The van der Waals surface area contributed by atoms with E-state index in [-0.39, 0.29) is 18.4 Å². The SMILES string of the molecule is O=C(O)CC(NC(=O)C1CC(C2CC2)NN1)c1ccc(F)cc1. The number of nitrogens with one attached hydrogen (secondary N) is 3. The standard InChI is InChI=1S/C16H20FN3O3/c17-11-5-3-9(4-6-11)12(8-15(21)22)18-16(23)14-7-13(19-20-14)10-1-2-10/h3-6,10,12-14,19-20H,1-2,7-8H2,(H,18,23)(H,21,22). The van der Waals surface area contributed by atoms with Crippen molar-refractivity contribution in [3.05, 3.63) is 35.6 Å². The molecule has 4 N–H and O–H groups in total. The third-order valence-electron chi connectivity index (χ3n) is 4.41. The summed E-state index contributed by atoms with van der Waals surface area (Å²) in [6.07, 6.45) is 2.82. The Balaban J connectivity index is 1.64. The summed E-state index contributed by atoms with van der Waals surface area (Å²) in [5, 5.41) is 11.8. The van der Waals surface area contributed by atoms with Gasteiger partial charge in [-0.2, -0.15) is 0 Å². The van der Waals surface area contributed by atoms with Crippen molar-refractivity contribution in [1.82, 2.24) is 16.2 Å².